The summed E-state index contributed by atoms with van der Waals surface area (Å²) in [5, 5.41) is 14.9. The Morgan fingerprint density at radius 3 is 2.59 bits per heavy atom. The van der Waals surface area contributed by atoms with E-state index < -0.39 is 10.8 Å². The molecule has 29 heavy (non-hydrogen) atoms. The zero-order chi connectivity index (χ0) is 20.6. The fourth-order valence-electron chi connectivity index (χ4n) is 2.54. The summed E-state index contributed by atoms with van der Waals surface area (Å²) in [6.07, 6.45) is 1.24. The molecule has 3 aromatic carbocycles. The maximum atomic E-state index is 12.0. The summed E-state index contributed by atoms with van der Waals surface area (Å²) in [4.78, 5) is 22.3. The van der Waals surface area contributed by atoms with E-state index in [0.29, 0.717) is 11.3 Å². The van der Waals surface area contributed by atoms with Crippen molar-refractivity contribution in [1.82, 2.24) is 5.43 Å². The minimum Gasteiger partial charge on any atom is -0.483 e. The van der Waals surface area contributed by atoms with Crippen LogP contribution in [0.15, 0.2) is 77.9 Å². The Labute approximate surface area is 171 Å². The van der Waals surface area contributed by atoms with Gasteiger partial charge in [0.2, 0.25) is 0 Å². The molecule has 0 aromatic heterocycles. The Bertz CT molecular complexity index is 1050. The van der Waals surface area contributed by atoms with Crippen molar-refractivity contribution in [3.8, 4) is 16.9 Å². The lowest BCUT2D eigenvalue weighted by Gasteiger charge is -2.10. The highest BCUT2D eigenvalue weighted by Crippen LogP contribution is 2.29. The lowest BCUT2D eigenvalue weighted by molar-refractivity contribution is -0.384. The SMILES string of the molecule is O=C(COc1ccccc1-c1ccccc1)N/N=C/c1cc([N+](=O)[O-])ccc1Cl. The maximum absolute atomic E-state index is 12.0. The first-order chi connectivity index (χ1) is 14.0. The number of nitrogens with zero attached hydrogens (tertiary/aromatic N) is 2. The van der Waals surface area contributed by atoms with Gasteiger partial charge >= 0.3 is 0 Å². The first-order valence-electron chi connectivity index (χ1n) is 8.57. The van der Waals surface area contributed by atoms with E-state index in [1.165, 1.54) is 24.4 Å². The molecule has 146 valence electrons. The van der Waals surface area contributed by atoms with Crippen LogP contribution < -0.4 is 10.2 Å². The summed E-state index contributed by atoms with van der Waals surface area (Å²) in [5.74, 6) is 0.0882. The third-order valence-corrected chi connectivity index (χ3v) is 4.26. The number of hydrogen-bond donors (Lipinski definition) is 1. The first-order valence-corrected chi connectivity index (χ1v) is 8.95. The van der Waals surface area contributed by atoms with E-state index in [1.807, 2.05) is 48.5 Å². The normalized spacial score (nSPS) is 10.7. The number of rotatable bonds is 7. The van der Waals surface area contributed by atoms with Gasteiger partial charge in [-0.2, -0.15) is 5.10 Å². The Balaban J connectivity index is 1.61. The van der Waals surface area contributed by atoms with Crippen LogP contribution in [-0.4, -0.2) is 23.7 Å². The number of carbonyl (C=O) groups excluding carboxylic acids is 1. The van der Waals surface area contributed by atoms with Crippen molar-refractivity contribution < 1.29 is 14.5 Å². The monoisotopic (exact) mass is 409 g/mol. The lowest BCUT2D eigenvalue weighted by Crippen LogP contribution is -2.24. The van der Waals surface area contributed by atoms with Gasteiger partial charge in [-0.3, -0.25) is 14.9 Å². The fourth-order valence-corrected chi connectivity index (χ4v) is 2.71. The zero-order valence-corrected chi connectivity index (χ0v) is 15.9. The summed E-state index contributed by atoms with van der Waals surface area (Å²) in [6.45, 7) is -0.246. The molecule has 0 unspecified atom stereocenters. The van der Waals surface area contributed by atoms with Crippen molar-refractivity contribution in [3.05, 3.63) is 93.5 Å². The van der Waals surface area contributed by atoms with Crippen molar-refractivity contribution in [1.29, 1.82) is 0 Å². The van der Waals surface area contributed by atoms with Gasteiger partial charge in [0.1, 0.15) is 5.75 Å². The summed E-state index contributed by atoms with van der Waals surface area (Å²) < 4.78 is 5.63. The van der Waals surface area contributed by atoms with Gasteiger partial charge in [-0.1, -0.05) is 60.1 Å². The quantitative estimate of drug-likeness (QED) is 0.354. The van der Waals surface area contributed by atoms with Crippen molar-refractivity contribution in [3.63, 3.8) is 0 Å². The average Bonchev–Trinajstić information content (AvgIpc) is 2.74. The Morgan fingerprint density at radius 1 is 1.10 bits per heavy atom. The topological polar surface area (TPSA) is 93.8 Å². The van der Waals surface area contributed by atoms with Gasteiger partial charge in [0.05, 0.1) is 11.1 Å². The molecule has 0 bridgehead atoms. The molecular formula is C21H16ClN3O4. The highest BCUT2D eigenvalue weighted by molar-refractivity contribution is 6.33. The molecule has 7 nitrogen and oxygen atoms in total. The smallest absolute Gasteiger partial charge is 0.277 e. The van der Waals surface area contributed by atoms with Crippen molar-refractivity contribution in [2.24, 2.45) is 5.10 Å². The van der Waals surface area contributed by atoms with Gasteiger partial charge in [0, 0.05) is 28.3 Å². The third kappa shape index (κ3) is 5.40. The minimum atomic E-state index is -0.537. The molecule has 0 fully saturated rings. The van der Waals surface area contributed by atoms with Crippen molar-refractivity contribution >= 4 is 29.4 Å². The number of carbonyl (C=O) groups is 1. The molecule has 1 amide bonds. The largest absolute Gasteiger partial charge is 0.483 e. The van der Waals surface area contributed by atoms with Gasteiger partial charge in [-0.15, -0.1) is 0 Å². The van der Waals surface area contributed by atoms with Crippen LogP contribution in [0.25, 0.3) is 11.1 Å². The molecule has 0 radical (unpaired) electrons. The van der Waals surface area contributed by atoms with E-state index in [0.717, 1.165) is 11.1 Å². The predicted molar refractivity (Wildman–Crippen MR) is 111 cm³/mol. The molecule has 0 aliphatic rings. The summed E-state index contributed by atoms with van der Waals surface area (Å²) >= 11 is 5.98. The number of hydrazone groups is 1. The third-order valence-electron chi connectivity index (χ3n) is 3.91. The number of hydrogen-bond acceptors (Lipinski definition) is 5. The van der Waals surface area contributed by atoms with E-state index in [4.69, 9.17) is 16.3 Å². The Hall–Kier alpha value is -3.71. The second-order valence-electron chi connectivity index (χ2n) is 5.91. The number of amides is 1. The van der Waals surface area contributed by atoms with E-state index in [1.54, 1.807) is 6.07 Å². The van der Waals surface area contributed by atoms with E-state index in [2.05, 4.69) is 10.5 Å². The van der Waals surface area contributed by atoms with Crippen LogP contribution in [0.5, 0.6) is 5.75 Å². The number of nitrogens with one attached hydrogen (secondary N) is 1. The number of benzene rings is 3. The molecule has 3 aromatic rings. The molecule has 0 saturated carbocycles. The van der Waals surface area contributed by atoms with Gasteiger partial charge < -0.3 is 4.74 Å². The maximum Gasteiger partial charge on any atom is 0.277 e. The second-order valence-corrected chi connectivity index (χ2v) is 6.31. The van der Waals surface area contributed by atoms with E-state index >= 15 is 0 Å². The minimum absolute atomic E-state index is 0.122. The van der Waals surface area contributed by atoms with Gasteiger partial charge in [-0.25, -0.2) is 5.43 Å². The van der Waals surface area contributed by atoms with Gasteiger partial charge in [-0.05, 0) is 17.7 Å². The van der Waals surface area contributed by atoms with E-state index in [9.17, 15) is 14.9 Å². The van der Waals surface area contributed by atoms with Crippen molar-refractivity contribution in [2.75, 3.05) is 6.61 Å². The predicted octanol–water partition coefficient (Wildman–Crippen LogP) is 4.44. The molecule has 0 atom stereocenters. The van der Waals surface area contributed by atoms with Crippen LogP contribution in [-0.2, 0) is 4.79 Å². The summed E-state index contributed by atoms with van der Waals surface area (Å²) in [5.41, 5.74) is 4.35. The number of nitro groups is 1. The number of nitro benzene ring substituents is 1. The van der Waals surface area contributed by atoms with Crippen LogP contribution in [0.1, 0.15) is 5.56 Å². The molecule has 0 spiro atoms. The first kappa shape index (κ1) is 20.0. The molecule has 0 heterocycles. The van der Waals surface area contributed by atoms with Crippen LogP contribution in [0.3, 0.4) is 0 Å². The van der Waals surface area contributed by atoms with Gasteiger partial charge in [0.15, 0.2) is 6.61 Å². The highest BCUT2D eigenvalue weighted by Gasteiger charge is 2.09. The Kier molecular flexibility index (Phi) is 6.55. The summed E-state index contributed by atoms with van der Waals surface area (Å²) in [6, 6.07) is 21.0. The lowest BCUT2D eigenvalue weighted by atomic mass is 10.1. The highest BCUT2D eigenvalue weighted by atomic mass is 35.5. The van der Waals surface area contributed by atoms with Gasteiger partial charge in [0.25, 0.3) is 11.6 Å². The molecule has 8 heteroatoms. The number of ether oxygens (including phenoxy) is 1. The molecule has 0 saturated heterocycles. The molecular weight excluding hydrogens is 394 g/mol. The van der Waals surface area contributed by atoms with Crippen LogP contribution >= 0.6 is 11.6 Å². The summed E-state index contributed by atoms with van der Waals surface area (Å²) in [7, 11) is 0. The van der Waals surface area contributed by atoms with Crippen LogP contribution in [0.2, 0.25) is 5.02 Å². The fraction of sp³-hybridized carbons (Fsp3) is 0.0476. The number of para-hydroxylation sites is 1. The average molecular weight is 410 g/mol. The Morgan fingerprint density at radius 2 is 1.83 bits per heavy atom. The second kappa shape index (κ2) is 9.48. The zero-order valence-electron chi connectivity index (χ0n) is 15.1. The number of non-ortho nitro benzene ring substituents is 1. The molecule has 0 aliphatic carbocycles. The molecule has 3 rings (SSSR count). The van der Waals surface area contributed by atoms with E-state index in [-0.39, 0.29) is 17.3 Å². The van der Waals surface area contributed by atoms with Crippen molar-refractivity contribution in [2.45, 2.75) is 0 Å². The molecule has 1 N–H and O–H groups in total. The molecule has 0 aliphatic heterocycles. The standard InChI is InChI=1S/C21H16ClN3O4/c22-19-11-10-17(25(27)28)12-16(19)13-23-24-21(26)14-29-20-9-5-4-8-18(20)15-6-2-1-3-7-15/h1-13H,14H2,(H,24,26)/b23-13+. The van der Waals surface area contributed by atoms with Crippen LogP contribution in [0, 0.1) is 10.1 Å². The number of halogens is 1. The van der Waals surface area contributed by atoms with Crippen LogP contribution in [0.4, 0.5) is 5.69 Å².